The largest absolute Gasteiger partial charge is 0.468 e. The predicted octanol–water partition coefficient (Wildman–Crippen LogP) is -1.98. The van der Waals surface area contributed by atoms with Gasteiger partial charge in [-0.25, -0.2) is 14.7 Å². The minimum absolute atomic E-state index is 0.0114. The molecule has 2 saturated heterocycles. The molecular formula is C23H32N5O12PS. The molecule has 0 saturated carbocycles. The van der Waals surface area contributed by atoms with Crippen molar-refractivity contribution in [2.75, 3.05) is 26.9 Å². The van der Waals surface area contributed by atoms with Crippen LogP contribution in [0.2, 0.25) is 0 Å². The molecule has 6 atom stereocenters. The van der Waals surface area contributed by atoms with Gasteiger partial charge in [0.1, 0.15) is 31.2 Å². The van der Waals surface area contributed by atoms with Gasteiger partial charge in [0.25, 0.3) is 17.8 Å². The summed E-state index contributed by atoms with van der Waals surface area (Å²) in [5, 5.41) is 22.8. The second-order valence-electron chi connectivity index (χ2n) is 9.75. The van der Waals surface area contributed by atoms with E-state index in [1.807, 2.05) is 0 Å². The second kappa shape index (κ2) is 13.2. The smallest absolute Gasteiger partial charge is 0.330 e. The average Bonchev–Trinajstić information content (AvgIpc) is 3.54. The summed E-state index contributed by atoms with van der Waals surface area (Å²) >= 11 is 5.72. The number of aliphatic hydroxyl groups excluding tert-OH is 2. The Labute approximate surface area is 242 Å². The zero-order valence-corrected chi connectivity index (χ0v) is 24.6. The summed E-state index contributed by atoms with van der Waals surface area (Å²) in [6.07, 6.45) is -3.00. The van der Waals surface area contributed by atoms with Gasteiger partial charge in [-0.3, -0.25) is 33.5 Å². The van der Waals surface area contributed by atoms with E-state index in [0.717, 1.165) is 9.13 Å². The maximum atomic E-state index is 12.4. The van der Waals surface area contributed by atoms with Crippen LogP contribution in [0.1, 0.15) is 36.4 Å². The lowest BCUT2D eigenvalue weighted by molar-refractivity contribution is -0.139. The number of carbonyl (C=O) groups is 1. The number of hydrogen-bond donors (Lipinski definition) is 5. The molecule has 2 aromatic rings. The van der Waals surface area contributed by atoms with Crippen molar-refractivity contribution in [1.82, 2.24) is 24.2 Å². The van der Waals surface area contributed by atoms with Crippen LogP contribution < -0.4 is 27.6 Å². The minimum Gasteiger partial charge on any atom is -0.468 e. The van der Waals surface area contributed by atoms with E-state index in [1.54, 1.807) is 0 Å². The number of aryl methyl sites for hydroxylation is 2. The van der Waals surface area contributed by atoms with Crippen molar-refractivity contribution in [3.8, 4) is 0 Å². The highest BCUT2D eigenvalue weighted by Gasteiger charge is 2.44. The molecule has 0 spiro atoms. The van der Waals surface area contributed by atoms with Gasteiger partial charge < -0.3 is 33.5 Å². The van der Waals surface area contributed by atoms with E-state index in [-0.39, 0.29) is 24.0 Å². The maximum absolute atomic E-state index is 12.4. The molecule has 0 unspecified atom stereocenters. The molecule has 4 heterocycles. The van der Waals surface area contributed by atoms with Crippen LogP contribution in [0.3, 0.4) is 0 Å². The molecule has 2 aliphatic heterocycles. The lowest BCUT2D eigenvalue weighted by Crippen LogP contribution is -2.34. The van der Waals surface area contributed by atoms with Crippen LogP contribution in [0.15, 0.2) is 31.6 Å². The van der Waals surface area contributed by atoms with Crippen molar-refractivity contribution in [2.24, 2.45) is 0 Å². The Morgan fingerprint density at radius 3 is 1.76 bits per heavy atom. The topological polar surface area (TPSA) is 225 Å². The number of nitrogens with zero attached hydrogens (tertiary/aromatic N) is 2. The molecule has 19 heteroatoms. The molecule has 2 aliphatic rings. The van der Waals surface area contributed by atoms with E-state index in [0.29, 0.717) is 0 Å². The van der Waals surface area contributed by atoms with Gasteiger partial charge in [-0.1, -0.05) is 0 Å². The number of methoxy groups -OCH3 is 1. The highest BCUT2D eigenvalue weighted by molar-refractivity contribution is 8.09. The van der Waals surface area contributed by atoms with Gasteiger partial charge in [0, 0.05) is 36.4 Å². The molecular weight excluding hydrogens is 601 g/mol. The van der Waals surface area contributed by atoms with E-state index < -0.39 is 91.7 Å². The molecule has 5 N–H and O–H groups in total. The Hall–Kier alpha value is -2.80. The molecule has 0 aromatic carbocycles. The highest BCUT2D eigenvalue weighted by atomic mass is 32.5. The van der Waals surface area contributed by atoms with Crippen molar-refractivity contribution < 1.29 is 38.3 Å². The molecule has 232 valence electrons. The maximum Gasteiger partial charge on any atom is 0.330 e. The Bertz CT molecular complexity index is 1480. The Balaban J connectivity index is 1.58. The van der Waals surface area contributed by atoms with Gasteiger partial charge in [0.2, 0.25) is 0 Å². The molecule has 42 heavy (non-hydrogen) atoms. The van der Waals surface area contributed by atoms with E-state index in [4.69, 9.17) is 30.3 Å². The Kier molecular flexibility index (Phi) is 10.1. The Morgan fingerprint density at radius 2 is 1.38 bits per heavy atom. The monoisotopic (exact) mass is 633 g/mol. The van der Waals surface area contributed by atoms with Gasteiger partial charge in [-0.15, -0.1) is 0 Å². The zero-order valence-electron chi connectivity index (χ0n) is 22.9. The molecule has 2 fully saturated rings. The molecule has 0 amide bonds. The molecule has 0 aliphatic carbocycles. The first kappa shape index (κ1) is 32.1. The van der Waals surface area contributed by atoms with Gasteiger partial charge in [0.05, 0.1) is 32.5 Å². The van der Waals surface area contributed by atoms with Crippen LogP contribution in [0.4, 0.5) is 0 Å². The lowest BCUT2D eigenvalue weighted by Gasteiger charge is -2.30. The average molecular weight is 634 g/mol. The fraction of sp³-hybridized carbons (Fsp3) is 0.609. The van der Waals surface area contributed by atoms with Gasteiger partial charge in [-0.05, 0) is 25.7 Å². The van der Waals surface area contributed by atoms with Gasteiger partial charge in [0.15, 0.2) is 0 Å². The molecule has 17 nitrogen and oxygen atoms in total. The number of hydrogen-bond acceptors (Lipinski definition) is 13. The van der Waals surface area contributed by atoms with Crippen LogP contribution in [0, 0.1) is 13.8 Å². The standard InChI is InChI=1S/C23H32N5O12PS/c1-11-7-27(22(34)25-20(11)32)17-4-13(15(9-29)37-17)39-41(42,24-6-19(31)36-3)40-14-5-18(38-16(14)10-30)28-8-12(2)21(33)26-23(28)35/h7-8,13-18,29-30H,4-6,9-10H2,1-3H3,(H,24,42)(H,25,32,34)(H,26,33,35)/t13-,14-,15+,16+,17+,18+/m0/s1. The van der Waals surface area contributed by atoms with Crippen LogP contribution >= 0.6 is 6.64 Å². The molecule has 2 aromatic heterocycles. The van der Waals surface area contributed by atoms with E-state index in [2.05, 4.69) is 19.8 Å². The summed E-state index contributed by atoms with van der Waals surface area (Å²) in [5.41, 5.74) is -2.02. The second-order valence-corrected chi connectivity index (χ2v) is 12.9. The van der Waals surface area contributed by atoms with Crippen molar-refractivity contribution in [3.05, 3.63) is 65.2 Å². The normalized spacial score (nSPS) is 26.0. The third kappa shape index (κ3) is 7.04. The van der Waals surface area contributed by atoms with Crippen LogP contribution in [-0.2, 0) is 39.9 Å². The summed E-state index contributed by atoms with van der Waals surface area (Å²) in [4.78, 5) is 64.8. The van der Waals surface area contributed by atoms with Crippen LogP contribution in [0.25, 0.3) is 0 Å². The number of ether oxygens (including phenoxy) is 3. The summed E-state index contributed by atoms with van der Waals surface area (Å²) in [7, 11) is 1.18. The first-order valence-electron chi connectivity index (χ1n) is 12.8. The molecule has 0 radical (unpaired) electrons. The SMILES string of the molecule is COC(=O)CNP(=S)(O[C@H]1C[C@H](n2cc(C)c(=O)[nH]c2=O)O[C@@H]1CO)O[C@H]1C[C@H](n2cc(C)c(=O)[nH]c2=O)O[C@@H]1CO. The van der Waals surface area contributed by atoms with Crippen LogP contribution in [-0.4, -0.2) is 86.6 Å². The number of rotatable bonds is 11. The van der Waals surface area contributed by atoms with E-state index in [9.17, 15) is 34.2 Å². The first-order chi connectivity index (χ1) is 19.9. The number of esters is 1. The van der Waals surface area contributed by atoms with Crippen molar-refractivity contribution >= 4 is 24.4 Å². The van der Waals surface area contributed by atoms with Crippen molar-refractivity contribution in [2.45, 2.75) is 63.6 Å². The van der Waals surface area contributed by atoms with Crippen molar-refractivity contribution in [1.29, 1.82) is 0 Å². The van der Waals surface area contributed by atoms with Gasteiger partial charge >= 0.3 is 17.3 Å². The lowest BCUT2D eigenvalue weighted by atomic mass is 10.2. The number of carbonyl (C=O) groups excluding carboxylic acids is 1. The van der Waals surface area contributed by atoms with Gasteiger partial charge in [-0.2, -0.15) is 0 Å². The summed E-state index contributed by atoms with van der Waals surface area (Å²) < 4.78 is 31.0. The third-order valence-electron chi connectivity index (χ3n) is 6.83. The number of nitrogens with one attached hydrogen (secondary N) is 3. The van der Waals surface area contributed by atoms with Crippen LogP contribution in [0.5, 0.6) is 0 Å². The predicted molar refractivity (Wildman–Crippen MR) is 147 cm³/mol. The number of aliphatic hydroxyl groups is 2. The number of aromatic amines is 2. The van der Waals surface area contributed by atoms with E-state index in [1.165, 1.54) is 33.4 Å². The number of H-pyrrole nitrogens is 2. The first-order valence-corrected chi connectivity index (χ1v) is 15.5. The summed E-state index contributed by atoms with van der Waals surface area (Å²) in [6, 6.07) is 0. The third-order valence-corrected chi connectivity index (χ3v) is 9.37. The van der Waals surface area contributed by atoms with Crippen molar-refractivity contribution in [3.63, 3.8) is 0 Å². The minimum atomic E-state index is -3.67. The summed E-state index contributed by atoms with van der Waals surface area (Å²) in [5.74, 6) is -0.680. The van der Waals surface area contributed by atoms with E-state index >= 15 is 0 Å². The highest BCUT2D eigenvalue weighted by Crippen LogP contribution is 2.52. The fourth-order valence-corrected chi connectivity index (χ4v) is 7.12. The number of aromatic nitrogens is 4. The Morgan fingerprint density at radius 1 is 0.952 bits per heavy atom. The zero-order chi connectivity index (χ0) is 30.8. The quantitative estimate of drug-likeness (QED) is 0.134. The molecule has 0 bridgehead atoms. The summed E-state index contributed by atoms with van der Waals surface area (Å²) in [6.45, 7) is -2.09. The fourth-order valence-electron chi connectivity index (χ4n) is 4.58. The molecule has 4 rings (SSSR count).